The molecule has 1 fully saturated rings. The second-order valence-corrected chi connectivity index (χ2v) is 6.12. The predicted octanol–water partition coefficient (Wildman–Crippen LogP) is 4.53. The summed E-state index contributed by atoms with van der Waals surface area (Å²) in [6.07, 6.45) is 2.69. The summed E-state index contributed by atoms with van der Waals surface area (Å²) in [6, 6.07) is 14.3. The summed E-state index contributed by atoms with van der Waals surface area (Å²) in [4.78, 5) is 0. The molecular formula is C19H23N. The van der Waals surface area contributed by atoms with E-state index in [4.69, 9.17) is 0 Å². The molecule has 0 saturated heterocycles. The maximum absolute atomic E-state index is 3.59. The summed E-state index contributed by atoms with van der Waals surface area (Å²) in [6.45, 7) is 7.55. The topological polar surface area (TPSA) is 12.0 Å². The van der Waals surface area contributed by atoms with Gasteiger partial charge in [-0.3, -0.25) is 0 Å². The lowest BCUT2D eigenvalue weighted by Crippen LogP contribution is -2.15. The normalized spacial score (nSPS) is 14.6. The van der Waals surface area contributed by atoms with E-state index in [0.717, 1.165) is 12.6 Å². The van der Waals surface area contributed by atoms with Crippen molar-refractivity contribution >= 4 is 0 Å². The van der Waals surface area contributed by atoms with Crippen molar-refractivity contribution < 1.29 is 0 Å². The van der Waals surface area contributed by atoms with Crippen LogP contribution < -0.4 is 5.32 Å². The molecule has 2 aromatic rings. The van der Waals surface area contributed by atoms with Crippen LogP contribution in [-0.2, 0) is 6.54 Å². The minimum atomic E-state index is 0.765. The molecule has 1 saturated carbocycles. The molecule has 0 atom stereocenters. The molecule has 3 rings (SSSR count). The molecule has 1 aliphatic carbocycles. The summed E-state index contributed by atoms with van der Waals surface area (Å²) >= 11 is 0. The molecule has 20 heavy (non-hydrogen) atoms. The smallest absolute Gasteiger partial charge is 0.0208 e. The number of hydrogen-bond donors (Lipinski definition) is 1. The van der Waals surface area contributed by atoms with E-state index in [0.29, 0.717) is 0 Å². The monoisotopic (exact) mass is 265 g/mol. The van der Waals surface area contributed by atoms with E-state index >= 15 is 0 Å². The van der Waals surface area contributed by atoms with Crippen LogP contribution in [-0.4, -0.2) is 6.04 Å². The van der Waals surface area contributed by atoms with Gasteiger partial charge in [-0.05, 0) is 67.5 Å². The Morgan fingerprint density at radius 2 is 1.70 bits per heavy atom. The van der Waals surface area contributed by atoms with Crippen LogP contribution in [0.15, 0.2) is 36.4 Å². The fraction of sp³-hybridized carbons (Fsp3) is 0.368. The van der Waals surface area contributed by atoms with Crippen LogP contribution in [0.1, 0.15) is 35.1 Å². The minimum absolute atomic E-state index is 0.765. The number of rotatable bonds is 4. The van der Waals surface area contributed by atoms with Gasteiger partial charge < -0.3 is 5.32 Å². The zero-order valence-corrected chi connectivity index (χ0v) is 12.7. The number of benzene rings is 2. The van der Waals surface area contributed by atoms with Crippen LogP contribution in [0.5, 0.6) is 0 Å². The Morgan fingerprint density at radius 3 is 2.40 bits per heavy atom. The Hall–Kier alpha value is -1.60. The zero-order valence-electron chi connectivity index (χ0n) is 12.7. The zero-order chi connectivity index (χ0) is 14.1. The SMILES string of the molecule is Cc1ccc(-c2cc(CNC3CC3)ccc2C)c(C)c1. The predicted molar refractivity (Wildman–Crippen MR) is 86.0 cm³/mol. The first-order chi connectivity index (χ1) is 9.63. The maximum atomic E-state index is 3.59. The molecule has 1 nitrogen and oxygen atoms in total. The highest BCUT2D eigenvalue weighted by molar-refractivity contribution is 5.71. The molecule has 1 heteroatoms. The fourth-order valence-electron chi connectivity index (χ4n) is 2.73. The third-order valence-corrected chi connectivity index (χ3v) is 4.15. The maximum Gasteiger partial charge on any atom is 0.0208 e. The van der Waals surface area contributed by atoms with Gasteiger partial charge >= 0.3 is 0 Å². The highest BCUT2D eigenvalue weighted by atomic mass is 14.9. The standard InChI is InChI=1S/C19H23N/c1-13-4-9-18(15(3)10-13)19-11-16(6-5-14(19)2)12-20-17-7-8-17/h4-6,9-11,17,20H,7-8,12H2,1-3H3. The highest BCUT2D eigenvalue weighted by Crippen LogP contribution is 2.28. The number of aryl methyl sites for hydroxylation is 3. The van der Waals surface area contributed by atoms with Gasteiger partial charge in [0.15, 0.2) is 0 Å². The van der Waals surface area contributed by atoms with Gasteiger partial charge in [0.2, 0.25) is 0 Å². The van der Waals surface area contributed by atoms with Crippen LogP contribution in [0.3, 0.4) is 0 Å². The molecule has 1 aliphatic rings. The summed E-state index contributed by atoms with van der Waals surface area (Å²) in [5, 5.41) is 3.59. The molecule has 0 bridgehead atoms. The van der Waals surface area contributed by atoms with E-state index in [1.807, 2.05) is 0 Å². The van der Waals surface area contributed by atoms with Crippen LogP contribution in [0.4, 0.5) is 0 Å². The first-order valence-electron chi connectivity index (χ1n) is 7.54. The first-order valence-corrected chi connectivity index (χ1v) is 7.54. The molecule has 0 spiro atoms. The Bertz CT molecular complexity index is 624. The lowest BCUT2D eigenvalue weighted by molar-refractivity contribution is 0.688. The number of hydrogen-bond acceptors (Lipinski definition) is 1. The van der Waals surface area contributed by atoms with Crippen LogP contribution in [0.2, 0.25) is 0 Å². The van der Waals surface area contributed by atoms with E-state index < -0.39 is 0 Å². The summed E-state index contributed by atoms with van der Waals surface area (Å²) in [7, 11) is 0. The van der Waals surface area contributed by atoms with Gasteiger partial charge in [-0.25, -0.2) is 0 Å². The van der Waals surface area contributed by atoms with E-state index in [1.54, 1.807) is 0 Å². The van der Waals surface area contributed by atoms with E-state index in [1.165, 1.54) is 46.2 Å². The van der Waals surface area contributed by atoms with E-state index in [-0.39, 0.29) is 0 Å². The molecule has 0 aliphatic heterocycles. The first kappa shape index (κ1) is 13.4. The van der Waals surface area contributed by atoms with Gasteiger partial charge in [0, 0.05) is 12.6 Å². The molecule has 0 unspecified atom stereocenters. The molecular weight excluding hydrogens is 242 g/mol. The Balaban J connectivity index is 1.92. The van der Waals surface area contributed by atoms with Crippen LogP contribution in [0.25, 0.3) is 11.1 Å². The second-order valence-electron chi connectivity index (χ2n) is 6.12. The van der Waals surface area contributed by atoms with Gasteiger partial charge in [-0.15, -0.1) is 0 Å². The molecule has 104 valence electrons. The molecule has 0 amide bonds. The van der Waals surface area contributed by atoms with Crippen molar-refractivity contribution in [2.45, 2.75) is 46.2 Å². The van der Waals surface area contributed by atoms with Gasteiger partial charge in [0.05, 0.1) is 0 Å². The third-order valence-electron chi connectivity index (χ3n) is 4.15. The molecule has 1 N–H and O–H groups in total. The quantitative estimate of drug-likeness (QED) is 0.856. The van der Waals surface area contributed by atoms with Crippen LogP contribution >= 0.6 is 0 Å². The van der Waals surface area contributed by atoms with Gasteiger partial charge in [-0.2, -0.15) is 0 Å². The lowest BCUT2D eigenvalue weighted by atomic mass is 9.94. The number of nitrogens with one attached hydrogen (secondary N) is 1. The Labute approximate surface area is 122 Å². The summed E-state index contributed by atoms with van der Waals surface area (Å²) < 4.78 is 0. The molecule has 0 radical (unpaired) electrons. The third kappa shape index (κ3) is 2.94. The fourth-order valence-corrected chi connectivity index (χ4v) is 2.73. The van der Waals surface area contributed by atoms with Gasteiger partial charge in [0.1, 0.15) is 0 Å². The highest BCUT2D eigenvalue weighted by Gasteiger charge is 2.20. The Kier molecular flexibility index (Phi) is 3.62. The van der Waals surface area contributed by atoms with Crippen molar-refractivity contribution in [1.29, 1.82) is 0 Å². The van der Waals surface area contributed by atoms with Crippen molar-refractivity contribution in [3.63, 3.8) is 0 Å². The van der Waals surface area contributed by atoms with E-state index in [9.17, 15) is 0 Å². The van der Waals surface area contributed by atoms with Crippen LogP contribution in [0, 0.1) is 20.8 Å². The average molecular weight is 265 g/mol. The Morgan fingerprint density at radius 1 is 0.900 bits per heavy atom. The van der Waals surface area contributed by atoms with Crippen molar-refractivity contribution in [2.24, 2.45) is 0 Å². The average Bonchev–Trinajstić information content (AvgIpc) is 3.22. The van der Waals surface area contributed by atoms with Crippen molar-refractivity contribution in [3.8, 4) is 11.1 Å². The summed E-state index contributed by atoms with van der Waals surface area (Å²) in [5.74, 6) is 0. The van der Waals surface area contributed by atoms with Gasteiger partial charge in [0.25, 0.3) is 0 Å². The largest absolute Gasteiger partial charge is 0.310 e. The molecule has 2 aromatic carbocycles. The van der Waals surface area contributed by atoms with E-state index in [2.05, 4.69) is 62.5 Å². The minimum Gasteiger partial charge on any atom is -0.310 e. The van der Waals surface area contributed by atoms with Crippen molar-refractivity contribution in [3.05, 3.63) is 58.7 Å². The van der Waals surface area contributed by atoms with Gasteiger partial charge in [-0.1, -0.05) is 35.9 Å². The lowest BCUT2D eigenvalue weighted by Gasteiger charge is -2.13. The summed E-state index contributed by atoms with van der Waals surface area (Å²) in [5.41, 5.74) is 8.17. The molecule has 0 heterocycles. The second kappa shape index (κ2) is 5.41. The van der Waals surface area contributed by atoms with Crippen molar-refractivity contribution in [1.82, 2.24) is 5.32 Å². The van der Waals surface area contributed by atoms with Crippen molar-refractivity contribution in [2.75, 3.05) is 0 Å². The molecule has 0 aromatic heterocycles.